The standard InChI is InChI=1S/C18H11Cl3N2OS/c19-12-3-1-2-11(8-12)4-7-17(24)23-18-22-16(10-25-18)14-6-5-13(20)9-15(14)21/h1-10H,(H,22,23,24). The Hall–Kier alpha value is -1.85. The lowest BCUT2D eigenvalue weighted by Crippen LogP contribution is -2.07. The van der Waals surface area contributed by atoms with Crippen LogP contribution in [0.2, 0.25) is 15.1 Å². The van der Waals surface area contributed by atoms with Gasteiger partial charge >= 0.3 is 0 Å². The van der Waals surface area contributed by atoms with Crippen molar-refractivity contribution in [1.29, 1.82) is 0 Å². The van der Waals surface area contributed by atoms with Gasteiger partial charge in [-0.25, -0.2) is 4.98 Å². The molecular formula is C18H11Cl3N2OS. The first-order valence-electron chi connectivity index (χ1n) is 7.17. The summed E-state index contributed by atoms with van der Waals surface area (Å²) in [6, 6.07) is 12.4. The predicted octanol–water partition coefficient (Wildman–Crippen LogP) is 6.42. The Kier molecular flexibility index (Phi) is 5.76. The number of nitrogens with zero attached hydrogens (tertiary/aromatic N) is 1. The van der Waals surface area contributed by atoms with Crippen LogP contribution in [-0.4, -0.2) is 10.9 Å². The van der Waals surface area contributed by atoms with Crippen molar-refractivity contribution in [3.05, 3.63) is 74.6 Å². The Morgan fingerprint density at radius 1 is 1.08 bits per heavy atom. The highest BCUT2D eigenvalue weighted by Gasteiger charge is 2.10. The first kappa shape index (κ1) is 18.0. The molecule has 1 heterocycles. The fourth-order valence-corrected chi connectivity index (χ4v) is 3.50. The molecule has 0 atom stereocenters. The second-order valence-electron chi connectivity index (χ2n) is 5.04. The summed E-state index contributed by atoms with van der Waals surface area (Å²) in [4.78, 5) is 16.4. The molecular weight excluding hydrogens is 399 g/mol. The van der Waals surface area contributed by atoms with E-state index in [2.05, 4.69) is 10.3 Å². The summed E-state index contributed by atoms with van der Waals surface area (Å²) in [5.74, 6) is -0.275. The van der Waals surface area contributed by atoms with Gasteiger partial charge in [0.1, 0.15) is 0 Å². The maximum Gasteiger partial charge on any atom is 0.250 e. The summed E-state index contributed by atoms with van der Waals surface area (Å²) < 4.78 is 0. The number of hydrogen-bond acceptors (Lipinski definition) is 3. The number of rotatable bonds is 4. The topological polar surface area (TPSA) is 42.0 Å². The van der Waals surface area contributed by atoms with Crippen LogP contribution in [0, 0.1) is 0 Å². The van der Waals surface area contributed by atoms with Crippen molar-refractivity contribution in [2.24, 2.45) is 0 Å². The number of thiazole rings is 1. The van der Waals surface area contributed by atoms with Gasteiger partial charge in [-0.2, -0.15) is 0 Å². The van der Waals surface area contributed by atoms with Crippen LogP contribution in [0.5, 0.6) is 0 Å². The van der Waals surface area contributed by atoms with Crippen LogP contribution in [0.3, 0.4) is 0 Å². The fourth-order valence-electron chi connectivity index (χ4n) is 2.08. The number of halogens is 3. The monoisotopic (exact) mass is 408 g/mol. The van der Waals surface area contributed by atoms with Crippen LogP contribution >= 0.6 is 46.1 Å². The summed E-state index contributed by atoms with van der Waals surface area (Å²) in [5, 5.41) is 6.73. The van der Waals surface area contributed by atoms with Crippen molar-refractivity contribution in [3.8, 4) is 11.3 Å². The van der Waals surface area contributed by atoms with E-state index in [4.69, 9.17) is 34.8 Å². The van der Waals surface area contributed by atoms with E-state index in [1.54, 1.807) is 36.4 Å². The predicted molar refractivity (Wildman–Crippen MR) is 107 cm³/mol. The molecule has 0 aliphatic carbocycles. The number of benzene rings is 2. The third-order valence-corrected chi connectivity index (χ3v) is 4.76. The van der Waals surface area contributed by atoms with Gasteiger partial charge in [0.15, 0.2) is 5.13 Å². The Morgan fingerprint density at radius 2 is 1.88 bits per heavy atom. The molecule has 0 saturated carbocycles. The van der Waals surface area contributed by atoms with E-state index in [9.17, 15) is 4.79 Å². The van der Waals surface area contributed by atoms with Crippen LogP contribution in [0.25, 0.3) is 17.3 Å². The smallest absolute Gasteiger partial charge is 0.250 e. The molecule has 1 N–H and O–H groups in total. The molecule has 1 amide bonds. The van der Waals surface area contributed by atoms with Gasteiger partial charge in [-0.3, -0.25) is 10.1 Å². The molecule has 0 aliphatic heterocycles. The molecule has 2 aromatic carbocycles. The van der Waals surface area contributed by atoms with Crippen molar-refractivity contribution in [2.75, 3.05) is 5.32 Å². The first-order valence-corrected chi connectivity index (χ1v) is 9.18. The maximum atomic E-state index is 12.0. The summed E-state index contributed by atoms with van der Waals surface area (Å²) in [6.45, 7) is 0. The van der Waals surface area contributed by atoms with E-state index in [-0.39, 0.29) is 5.91 Å². The number of carbonyl (C=O) groups is 1. The molecule has 0 bridgehead atoms. The van der Waals surface area contributed by atoms with Gasteiger partial charge in [-0.05, 0) is 42.0 Å². The number of amides is 1. The molecule has 0 radical (unpaired) electrons. The van der Waals surface area contributed by atoms with Crippen molar-refractivity contribution in [2.45, 2.75) is 0 Å². The number of nitrogens with one attached hydrogen (secondary N) is 1. The molecule has 3 rings (SSSR count). The fraction of sp³-hybridized carbons (Fsp3) is 0. The van der Waals surface area contributed by atoms with Gasteiger partial charge in [0, 0.05) is 27.1 Å². The van der Waals surface area contributed by atoms with E-state index in [1.807, 2.05) is 17.5 Å². The highest BCUT2D eigenvalue weighted by molar-refractivity contribution is 7.14. The first-order chi connectivity index (χ1) is 12.0. The average molecular weight is 410 g/mol. The van der Waals surface area contributed by atoms with Crippen LogP contribution in [0.15, 0.2) is 53.9 Å². The molecule has 3 aromatic rings. The molecule has 126 valence electrons. The van der Waals surface area contributed by atoms with Gasteiger partial charge in [0.05, 0.1) is 10.7 Å². The van der Waals surface area contributed by atoms with Crippen molar-refractivity contribution in [3.63, 3.8) is 0 Å². The second-order valence-corrected chi connectivity index (χ2v) is 7.18. The largest absolute Gasteiger partial charge is 0.298 e. The van der Waals surface area contributed by atoms with Gasteiger partial charge < -0.3 is 0 Å². The minimum atomic E-state index is -0.275. The third kappa shape index (κ3) is 4.83. The van der Waals surface area contributed by atoms with Crippen molar-refractivity contribution >= 4 is 63.3 Å². The van der Waals surface area contributed by atoms with Crippen LogP contribution < -0.4 is 5.32 Å². The summed E-state index contributed by atoms with van der Waals surface area (Å²) >= 11 is 19.3. The Bertz CT molecular complexity index is 953. The summed E-state index contributed by atoms with van der Waals surface area (Å²) in [5.41, 5.74) is 2.29. The van der Waals surface area contributed by atoms with Gasteiger partial charge in [-0.15, -0.1) is 11.3 Å². The van der Waals surface area contributed by atoms with Crippen LogP contribution in [0.4, 0.5) is 5.13 Å². The Labute approximate surface area is 163 Å². The highest BCUT2D eigenvalue weighted by Crippen LogP contribution is 2.32. The number of hydrogen-bond donors (Lipinski definition) is 1. The zero-order valence-electron chi connectivity index (χ0n) is 12.7. The van der Waals surface area contributed by atoms with E-state index in [1.165, 1.54) is 17.4 Å². The van der Waals surface area contributed by atoms with E-state index in [0.29, 0.717) is 25.9 Å². The molecule has 1 aromatic heterocycles. The molecule has 25 heavy (non-hydrogen) atoms. The quantitative estimate of drug-likeness (QED) is 0.505. The zero-order valence-corrected chi connectivity index (χ0v) is 15.8. The van der Waals surface area contributed by atoms with Crippen molar-refractivity contribution in [1.82, 2.24) is 4.98 Å². The van der Waals surface area contributed by atoms with Crippen LogP contribution in [-0.2, 0) is 4.79 Å². The molecule has 0 unspecified atom stereocenters. The van der Waals surface area contributed by atoms with Crippen LogP contribution in [0.1, 0.15) is 5.56 Å². The lowest BCUT2D eigenvalue weighted by atomic mass is 10.2. The maximum absolute atomic E-state index is 12.0. The zero-order chi connectivity index (χ0) is 17.8. The molecule has 0 fully saturated rings. The molecule has 0 aliphatic rings. The van der Waals surface area contributed by atoms with E-state index >= 15 is 0 Å². The minimum Gasteiger partial charge on any atom is -0.298 e. The molecule has 3 nitrogen and oxygen atoms in total. The third-order valence-electron chi connectivity index (χ3n) is 3.22. The average Bonchev–Trinajstić information content (AvgIpc) is 3.01. The van der Waals surface area contributed by atoms with Gasteiger partial charge in [-0.1, -0.05) is 46.9 Å². The number of carbonyl (C=O) groups excluding carboxylic acids is 1. The number of anilines is 1. The Balaban J connectivity index is 1.69. The normalized spacial score (nSPS) is 11.0. The summed E-state index contributed by atoms with van der Waals surface area (Å²) in [6.07, 6.45) is 3.12. The lowest BCUT2D eigenvalue weighted by Gasteiger charge is -2.01. The van der Waals surface area contributed by atoms with E-state index in [0.717, 1.165) is 11.1 Å². The second kappa shape index (κ2) is 8.02. The number of aromatic nitrogens is 1. The highest BCUT2D eigenvalue weighted by atomic mass is 35.5. The summed E-state index contributed by atoms with van der Waals surface area (Å²) in [7, 11) is 0. The molecule has 7 heteroatoms. The van der Waals surface area contributed by atoms with Gasteiger partial charge in [0.25, 0.3) is 0 Å². The van der Waals surface area contributed by atoms with Gasteiger partial charge in [0.2, 0.25) is 5.91 Å². The lowest BCUT2D eigenvalue weighted by molar-refractivity contribution is -0.111. The molecule has 0 saturated heterocycles. The Morgan fingerprint density at radius 3 is 2.64 bits per heavy atom. The van der Waals surface area contributed by atoms with Crippen molar-refractivity contribution < 1.29 is 4.79 Å². The van der Waals surface area contributed by atoms with E-state index < -0.39 is 0 Å². The molecule has 0 spiro atoms. The SMILES string of the molecule is O=C(C=Cc1cccc(Cl)c1)Nc1nc(-c2ccc(Cl)cc2Cl)cs1. The minimum absolute atomic E-state index is 0.275.